The van der Waals surface area contributed by atoms with E-state index in [1.54, 1.807) is 11.9 Å². The topological polar surface area (TPSA) is 79.5 Å². The van der Waals surface area contributed by atoms with E-state index in [2.05, 4.69) is 36.1 Å². The summed E-state index contributed by atoms with van der Waals surface area (Å²) in [5, 5.41) is 5.37. The summed E-state index contributed by atoms with van der Waals surface area (Å²) in [6.07, 6.45) is 0. The number of ether oxygens (including phenoxy) is 1. The first-order valence-electron chi connectivity index (χ1n) is 7.53. The number of nitrogens with one attached hydrogen (secondary N) is 3. The highest BCUT2D eigenvalue weighted by Crippen LogP contribution is 2.20. The molecule has 0 spiro atoms. The Bertz CT molecular complexity index is 551. The van der Waals surface area contributed by atoms with Crippen molar-refractivity contribution in [1.82, 2.24) is 10.0 Å². The number of anilines is 1. The number of carbonyl (C=O) groups excluding carboxylic acids is 2. The normalized spacial score (nSPS) is 14.9. The zero-order valence-electron chi connectivity index (χ0n) is 13.6. The van der Waals surface area contributed by atoms with Gasteiger partial charge in [-0.25, -0.2) is 0 Å². The summed E-state index contributed by atoms with van der Waals surface area (Å²) < 4.78 is 8.27. The molecule has 1 heterocycles. The summed E-state index contributed by atoms with van der Waals surface area (Å²) >= 11 is 1.55. The minimum Gasteiger partial charge on any atom is -0.380 e. The van der Waals surface area contributed by atoms with Crippen molar-refractivity contribution >= 4 is 29.4 Å². The summed E-state index contributed by atoms with van der Waals surface area (Å²) in [4.78, 5) is 24.5. The summed E-state index contributed by atoms with van der Waals surface area (Å²) in [5.41, 5.74) is 0.734. The molecule has 1 saturated heterocycles. The molecule has 1 aliphatic heterocycles. The van der Waals surface area contributed by atoms with Crippen LogP contribution in [-0.2, 0) is 14.3 Å². The van der Waals surface area contributed by atoms with Gasteiger partial charge in [0.25, 0.3) is 0 Å². The number of hydrogen-bond donors (Lipinski definition) is 3. The van der Waals surface area contributed by atoms with Gasteiger partial charge in [-0.3, -0.25) is 14.3 Å². The van der Waals surface area contributed by atoms with Crippen LogP contribution in [0, 0.1) is 5.92 Å². The quantitative estimate of drug-likeness (QED) is 0.690. The van der Waals surface area contributed by atoms with E-state index in [1.807, 2.05) is 24.3 Å². The van der Waals surface area contributed by atoms with E-state index in [4.69, 9.17) is 4.74 Å². The summed E-state index contributed by atoms with van der Waals surface area (Å²) in [5.74, 6) is -0.493. The third kappa shape index (κ3) is 6.21. The molecule has 7 heteroatoms. The average molecular weight is 337 g/mol. The lowest BCUT2D eigenvalue weighted by atomic mass is 10.1. The average Bonchev–Trinajstić information content (AvgIpc) is 2.42. The summed E-state index contributed by atoms with van der Waals surface area (Å²) in [6.45, 7) is 7.14. The Labute approximate surface area is 140 Å². The number of benzene rings is 1. The third-order valence-corrected chi connectivity index (χ3v) is 4.27. The van der Waals surface area contributed by atoms with E-state index in [1.165, 1.54) is 0 Å². The molecule has 2 rings (SSSR count). The number of carbonyl (C=O) groups is 2. The maximum atomic E-state index is 11.8. The second kappa shape index (κ2) is 7.81. The summed E-state index contributed by atoms with van der Waals surface area (Å²) in [7, 11) is 0. The van der Waals surface area contributed by atoms with Crippen LogP contribution in [0.25, 0.3) is 0 Å². The van der Waals surface area contributed by atoms with E-state index in [0.29, 0.717) is 18.9 Å². The van der Waals surface area contributed by atoms with Crippen molar-refractivity contribution in [2.24, 2.45) is 5.92 Å². The molecule has 0 unspecified atom stereocenters. The van der Waals surface area contributed by atoms with Gasteiger partial charge in [0.2, 0.25) is 11.8 Å². The molecule has 1 aliphatic rings. The van der Waals surface area contributed by atoms with Crippen molar-refractivity contribution in [3.63, 3.8) is 0 Å². The predicted molar refractivity (Wildman–Crippen MR) is 91.1 cm³/mol. The fraction of sp³-hybridized carbons (Fsp3) is 0.500. The SMILES string of the molecule is CC(C)(C)NSc1ccc(NC(=O)CNC(=O)C2COC2)cc1. The molecule has 0 atom stereocenters. The van der Waals surface area contributed by atoms with Crippen LogP contribution in [0.1, 0.15) is 20.8 Å². The number of amides is 2. The molecule has 1 fully saturated rings. The monoisotopic (exact) mass is 337 g/mol. The van der Waals surface area contributed by atoms with Crippen LogP contribution in [0.15, 0.2) is 29.2 Å². The minimum absolute atomic E-state index is 0.0290. The van der Waals surface area contributed by atoms with Gasteiger partial charge in [0.15, 0.2) is 0 Å². The molecule has 3 N–H and O–H groups in total. The van der Waals surface area contributed by atoms with Gasteiger partial charge in [-0.1, -0.05) is 0 Å². The molecule has 1 aromatic rings. The maximum Gasteiger partial charge on any atom is 0.243 e. The van der Waals surface area contributed by atoms with Crippen LogP contribution in [0.2, 0.25) is 0 Å². The molecular weight excluding hydrogens is 314 g/mol. The van der Waals surface area contributed by atoms with Gasteiger partial charge in [-0.05, 0) is 57.0 Å². The fourth-order valence-electron chi connectivity index (χ4n) is 1.72. The molecule has 0 saturated carbocycles. The standard InChI is InChI=1S/C16H23N3O3S/c1-16(2,3)19-23-13-6-4-12(5-7-13)18-14(20)8-17-15(21)11-9-22-10-11/h4-7,11,19H,8-10H2,1-3H3,(H,17,21)(H,18,20). The molecule has 23 heavy (non-hydrogen) atoms. The van der Waals surface area contributed by atoms with E-state index in [-0.39, 0.29) is 29.8 Å². The van der Waals surface area contributed by atoms with Crippen molar-refractivity contribution in [3.8, 4) is 0 Å². The maximum absolute atomic E-state index is 11.8. The van der Waals surface area contributed by atoms with E-state index < -0.39 is 0 Å². The zero-order chi connectivity index (χ0) is 16.9. The Morgan fingerprint density at radius 3 is 2.39 bits per heavy atom. The second-order valence-electron chi connectivity index (χ2n) is 6.48. The highest BCUT2D eigenvalue weighted by Gasteiger charge is 2.26. The number of rotatable bonds is 6. The Morgan fingerprint density at radius 1 is 1.22 bits per heavy atom. The molecule has 0 bridgehead atoms. The van der Waals surface area contributed by atoms with Gasteiger partial charge in [0.05, 0.1) is 25.7 Å². The lowest BCUT2D eigenvalue weighted by Gasteiger charge is -2.24. The zero-order valence-corrected chi connectivity index (χ0v) is 14.5. The highest BCUT2D eigenvalue weighted by atomic mass is 32.2. The first-order chi connectivity index (χ1) is 10.8. The van der Waals surface area contributed by atoms with Crippen molar-refractivity contribution in [1.29, 1.82) is 0 Å². The lowest BCUT2D eigenvalue weighted by Crippen LogP contribution is -2.44. The molecule has 126 valence electrons. The van der Waals surface area contributed by atoms with Gasteiger partial charge in [0, 0.05) is 16.1 Å². The molecule has 0 aliphatic carbocycles. The van der Waals surface area contributed by atoms with Crippen LogP contribution in [0.3, 0.4) is 0 Å². The van der Waals surface area contributed by atoms with Gasteiger partial charge in [-0.15, -0.1) is 0 Å². The molecule has 2 amide bonds. The van der Waals surface area contributed by atoms with Gasteiger partial charge < -0.3 is 15.4 Å². The molecule has 1 aromatic carbocycles. The highest BCUT2D eigenvalue weighted by molar-refractivity contribution is 7.97. The minimum atomic E-state index is -0.244. The Balaban J connectivity index is 1.74. The van der Waals surface area contributed by atoms with E-state index >= 15 is 0 Å². The smallest absolute Gasteiger partial charge is 0.243 e. The summed E-state index contributed by atoms with van der Waals surface area (Å²) in [6, 6.07) is 7.55. The molecule has 0 aromatic heterocycles. The van der Waals surface area contributed by atoms with Crippen LogP contribution < -0.4 is 15.4 Å². The van der Waals surface area contributed by atoms with Gasteiger partial charge >= 0.3 is 0 Å². The van der Waals surface area contributed by atoms with E-state index in [9.17, 15) is 9.59 Å². The van der Waals surface area contributed by atoms with Crippen molar-refractivity contribution in [2.45, 2.75) is 31.2 Å². The van der Waals surface area contributed by atoms with Gasteiger partial charge in [0.1, 0.15) is 0 Å². The van der Waals surface area contributed by atoms with Crippen LogP contribution >= 0.6 is 11.9 Å². The van der Waals surface area contributed by atoms with Gasteiger partial charge in [-0.2, -0.15) is 0 Å². The Hall–Kier alpha value is -1.57. The molecule has 0 radical (unpaired) electrons. The van der Waals surface area contributed by atoms with Crippen molar-refractivity contribution in [2.75, 3.05) is 25.1 Å². The number of hydrogen-bond acceptors (Lipinski definition) is 5. The molecule has 6 nitrogen and oxygen atoms in total. The largest absolute Gasteiger partial charge is 0.380 e. The second-order valence-corrected chi connectivity index (χ2v) is 7.36. The van der Waals surface area contributed by atoms with Crippen molar-refractivity contribution < 1.29 is 14.3 Å². The Kier molecular flexibility index (Phi) is 6.04. The van der Waals surface area contributed by atoms with Crippen LogP contribution in [-0.4, -0.2) is 37.1 Å². The first-order valence-corrected chi connectivity index (χ1v) is 8.34. The Morgan fingerprint density at radius 2 is 1.87 bits per heavy atom. The fourth-order valence-corrected chi connectivity index (χ4v) is 2.42. The third-order valence-electron chi connectivity index (χ3n) is 3.05. The van der Waals surface area contributed by atoms with Crippen molar-refractivity contribution in [3.05, 3.63) is 24.3 Å². The molecular formula is C16H23N3O3S. The first kappa shape index (κ1) is 17.8. The van der Waals surface area contributed by atoms with Crippen LogP contribution in [0.4, 0.5) is 5.69 Å². The predicted octanol–water partition coefficient (Wildman–Crippen LogP) is 1.78. The van der Waals surface area contributed by atoms with Crippen LogP contribution in [0.5, 0.6) is 0 Å². The lowest BCUT2D eigenvalue weighted by molar-refractivity contribution is -0.139. The van der Waals surface area contributed by atoms with E-state index in [0.717, 1.165) is 4.90 Å².